The average Bonchev–Trinajstić information content (AvgIpc) is 2.73. The van der Waals surface area contributed by atoms with E-state index < -0.39 is 45.7 Å². The Kier molecular flexibility index (Phi) is 6.10. The van der Waals surface area contributed by atoms with Crippen LogP contribution in [0.4, 0.5) is 4.39 Å². The zero-order valence-electron chi connectivity index (χ0n) is 17.5. The Hall–Kier alpha value is -2.70. The molecule has 4 rings (SSSR count). The van der Waals surface area contributed by atoms with Gasteiger partial charge in [0, 0.05) is 33.2 Å². The summed E-state index contributed by atoms with van der Waals surface area (Å²) >= 11 is 0. The molecular formula is C20H24FN5O5S. The smallest absolute Gasteiger partial charge is 0.298 e. The molecule has 172 valence electrons. The van der Waals surface area contributed by atoms with Crippen molar-refractivity contribution in [3.63, 3.8) is 0 Å². The van der Waals surface area contributed by atoms with Gasteiger partial charge in [0.2, 0.25) is 0 Å². The van der Waals surface area contributed by atoms with E-state index >= 15 is 0 Å². The van der Waals surface area contributed by atoms with E-state index in [2.05, 4.69) is 10.3 Å². The van der Waals surface area contributed by atoms with E-state index in [0.29, 0.717) is 31.5 Å². The Morgan fingerprint density at radius 1 is 1.19 bits per heavy atom. The van der Waals surface area contributed by atoms with Gasteiger partial charge in [-0.25, -0.2) is 9.38 Å². The van der Waals surface area contributed by atoms with Crippen LogP contribution in [0.15, 0.2) is 29.3 Å². The molecule has 0 aliphatic carbocycles. The first-order valence-electron chi connectivity index (χ1n) is 10.4. The minimum atomic E-state index is -3.74. The van der Waals surface area contributed by atoms with E-state index in [-0.39, 0.29) is 18.9 Å². The number of nitrogens with zero attached hydrogens (tertiary/aromatic N) is 4. The molecule has 2 saturated heterocycles. The third kappa shape index (κ3) is 4.05. The minimum Gasteiger partial charge on any atom is -0.350 e. The van der Waals surface area contributed by atoms with Gasteiger partial charge in [0.15, 0.2) is 6.04 Å². The van der Waals surface area contributed by atoms with Gasteiger partial charge in [-0.15, -0.1) is 0 Å². The van der Waals surface area contributed by atoms with E-state index in [1.54, 1.807) is 0 Å². The summed E-state index contributed by atoms with van der Waals surface area (Å²) in [6.45, 7) is 1.13. The van der Waals surface area contributed by atoms with Crippen molar-refractivity contribution in [2.24, 2.45) is 4.99 Å². The number of aliphatic imine (C=N–C) groups is 1. The number of hydrogen-bond donors (Lipinski definition) is 1. The summed E-state index contributed by atoms with van der Waals surface area (Å²) in [5, 5.41) is 2.55. The number of ketones is 1. The molecule has 1 N–H and O–H groups in total. The maximum absolute atomic E-state index is 13.0. The molecule has 1 aromatic carbocycles. The summed E-state index contributed by atoms with van der Waals surface area (Å²) in [7, 11) is -2.31. The molecule has 0 spiro atoms. The highest BCUT2D eigenvalue weighted by Crippen LogP contribution is 2.26. The average molecular weight is 466 g/mol. The van der Waals surface area contributed by atoms with Crippen molar-refractivity contribution in [3.05, 3.63) is 35.6 Å². The fourth-order valence-electron chi connectivity index (χ4n) is 3.94. The first kappa shape index (κ1) is 22.5. The van der Waals surface area contributed by atoms with Crippen LogP contribution in [0.25, 0.3) is 0 Å². The summed E-state index contributed by atoms with van der Waals surface area (Å²) in [6, 6.07) is 3.13. The number of halogens is 1. The lowest BCUT2D eigenvalue weighted by Gasteiger charge is -2.42. The monoisotopic (exact) mass is 465 g/mol. The lowest BCUT2D eigenvalue weighted by Crippen LogP contribution is -2.63. The summed E-state index contributed by atoms with van der Waals surface area (Å²) < 4.78 is 41.3. The lowest BCUT2D eigenvalue weighted by atomic mass is 9.99. The molecule has 2 fully saturated rings. The summed E-state index contributed by atoms with van der Waals surface area (Å²) in [6.07, 6.45) is 1.71. The van der Waals surface area contributed by atoms with Crippen LogP contribution in [0, 0.1) is 5.82 Å². The molecular weight excluding hydrogens is 441 g/mol. The Balaban J connectivity index is 1.56. The molecule has 32 heavy (non-hydrogen) atoms. The van der Waals surface area contributed by atoms with Gasteiger partial charge in [-0.05, 0) is 37.0 Å². The summed E-state index contributed by atoms with van der Waals surface area (Å²) in [5.41, 5.74) is 0.611. The normalized spacial score (nSPS) is 24.1. The number of carbonyl (C=O) groups excluding carboxylic acids is 3. The highest BCUT2D eigenvalue weighted by molar-refractivity contribution is 7.86. The topological polar surface area (TPSA) is 119 Å². The number of rotatable bonds is 6. The number of amides is 2. The zero-order chi connectivity index (χ0) is 23.0. The third-order valence-corrected chi connectivity index (χ3v) is 7.97. The second kappa shape index (κ2) is 8.68. The minimum absolute atomic E-state index is 0.0261. The van der Waals surface area contributed by atoms with Gasteiger partial charge in [0.25, 0.3) is 27.8 Å². The predicted molar refractivity (Wildman–Crippen MR) is 112 cm³/mol. The fraction of sp³-hybridized carbons (Fsp3) is 0.500. The van der Waals surface area contributed by atoms with E-state index in [0.717, 1.165) is 6.42 Å². The molecule has 3 heterocycles. The van der Waals surface area contributed by atoms with Gasteiger partial charge in [0.05, 0.1) is 6.04 Å². The van der Waals surface area contributed by atoms with E-state index in [9.17, 15) is 27.2 Å². The molecule has 0 radical (unpaired) electrons. The molecule has 10 nitrogen and oxygen atoms in total. The Morgan fingerprint density at radius 3 is 2.50 bits per heavy atom. The maximum atomic E-state index is 13.0. The SMILES string of the molecule is CN([C@@H]1CCCN2C(=O)C(=O)C(C(=O)NCc3ccc(F)cc3)N=C12)S(=O)(=O)N1CCC1. The van der Waals surface area contributed by atoms with Gasteiger partial charge >= 0.3 is 0 Å². The number of hydrogen-bond acceptors (Lipinski definition) is 6. The number of nitrogens with one attached hydrogen (secondary N) is 1. The molecule has 2 atom stereocenters. The molecule has 3 aliphatic heterocycles. The Bertz CT molecular complexity index is 1070. The summed E-state index contributed by atoms with van der Waals surface area (Å²) in [4.78, 5) is 43.4. The van der Waals surface area contributed by atoms with Crippen LogP contribution in [0.2, 0.25) is 0 Å². The molecule has 0 aromatic heterocycles. The van der Waals surface area contributed by atoms with Crippen molar-refractivity contribution in [1.82, 2.24) is 18.8 Å². The van der Waals surface area contributed by atoms with Crippen LogP contribution < -0.4 is 5.32 Å². The van der Waals surface area contributed by atoms with Crippen molar-refractivity contribution in [3.8, 4) is 0 Å². The zero-order valence-corrected chi connectivity index (χ0v) is 18.3. The van der Waals surface area contributed by atoms with Crippen LogP contribution in [0.5, 0.6) is 0 Å². The van der Waals surface area contributed by atoms with Crippen molar-refractivity contribution in [2.75, 3.05) is 26.7 Å². The van der Waals surface area contributed by atoms with Crippen LogP contribution in [-0.2, 0) is 31.1 Å². The molecule has 3 aliphatic rings. The number of benzene rings is 1. The van der Waals surface area contributed by atoms with Crippen molar-refractivity contribution in [1.29, 1.82) is 0 Å². The van der Waals surface area contributed by atoms with Gasteiger partial charge < -0.3 is 5.32 Å². The van der Waals surface area contributed by atoms with Crippen LogP contribution >= 0.6 is 0 Å². The Morgan fingerprint density at radius 2 is 1.88 bits per heavy atom. The van der Waals surface area contributed by atoms with E-state index in [4.69, 9.17) is 0 Å². The Labute approximate surface area is 185 Å². The lowest BCUT2D eigenvalue weighted by molar-refractivity contribution is -0.146. The van der Waals surface area contributed by atoms with E-state index in [1.807, 2.05) is 0 Å². The highest BCUT2D eigenvalue weighted by Gasteiger charge is 2.47. The number of amidine groups is 1. The fourth-order valence-corrected chi connectivity index (χ4v) is 5.54. The quantitative estimate of drug-likeness (QED) is 0.456. The number of Topliss-reactive ketones (excluding diaryl/α,β-unsaturated/α-hetero) is 1. The predicted octanol–water partition coefficient (Wildman–Crippen LogP) is -0.335. The second-order valence-electron chi connectivity index (χ2n) is 7.99. The largest absolute Gasteiger partial charge is 0.350 e. The second-order valence-corrected chi connectivity index (χ2v) is 9.98. The van der Waals surface area contributed by atoms with Crippen LogP contribution in [0.3, 0.4) is 0 Å². The molecule has 1 unspecified atom stereocenters. The molecule has 0 bridgehead atoms. The first-order chi connectivity index (χ1) is 15.2. The van der Waals surface area contributed by atoms with Crippen molar-refractivity contribution < 1.29 is 27.2 Å². The molecule has 12 heteroatoms. The number of likely N-dealkylation sites (N-methyl/N-ethyl adjacent to an activating group) is 1. The standard InChI is InChI=1S/C20H24FN5O5S/c1-24(32(30,31)25-9-3-10-25)15-4-2-11-26-18(15)23-16(17(27)20(26)29)19(28)22-12-13-5-7-14(21)8-6-13/h5-8,15-16H,2-4,9-12H2,1H3,(H,22,28)/t15-,16?/m1/s1. The molecule has 2 amide bonds. The van der Waals surface area contributed by atoms with Gasteiger partial charge in [-0.3, -0.25) is 19.3 Å². The van der Waals surface area contributed by atoms with Crippen molar-refractivity contribution in [2.45, 2.75) is 37.9 Å². The third-order valence-electron chi connectivity index (χ3n) is 5.97. The van der Waals surface area contributed by atoms with E-state index in [1.165, 1.54) is 44.8 Å². The van der Waals surface area contributed by atoms with Crippen LogP contribution in [0.1, 0.15) is 24.8 Å². The maximum Gasteiger partial charge on any atom is 0.298 e. The summed E-state index contributed by atoms with van der Waals surface area (Å²) in [5.74, 6) is -2.89. The number of fused-ring (bicyclic) bond motifs is 1. The molecule has 1 aromatic rings. The first-order valence-corrected chi connectivity index (χ1v) is 11.8. The van der Waals surface area contributed by atoms with Crippen molar-refractivity contribution >= 4 is 33.6 Å². The number of piperidine rings is 1. The van der Waals surface area contributed by atoms with Gasteiger partial charge in [-0.1, -0.05) is 12.1 Å². The van der Waals surface area contributed by atoms with Crippen LogP contribution in [-0.4, -0.2) is 84.1 Å². The molecule has 0 saturated carbocycles. The van der Waals surface area contributed by atoms with Gasteiger partial charge in [-0.2, -0.15) is 17.0 Å². The number of carbonyl (C=O) groups is 3. The highest BCUT2D eigenvalue weighted by atomic mass is 32.2. The van der Waals surface area contributed by atoms with Gasteiger partial charge in [0.1, 0.15) is 11.7 Å².